The third-order valence-corrected chi connectivity index (χ3v) is 6.96. The summed E-state index contributed by atoms with van der Waals surface area (Å²) in [6.45, 7) is 7.87. The summed E-state index contributed by atoms with van der Waals surface area (Å²) < 4.78 is 0. The van der Waals surface area contributed by atoms with Gasteiger partial charge in [0.15, 0.2) is 0 Å². The molecule has 0 unspecified atom stereocenters. The van der Waals surface area contributed by atoms with E-state index in [1.807, 2.05) is 11.3 Å². The van der Waals surface area contributed by atoms with Gasteiger partial charge in [0, 0.05) is 46.8 Å². The molecular formula is C19H28N2OS. The van der Waals surface area contributed by atoms with Gasteiger partial charge in [-0.15, -0.1) is 11.3 Å². The van der Waals surface area contributed by atoms with Crippen molar-refractivity contribution < 1.29 is 4.79 Å². The first kappa shape index (κ1) is 15.6. The molecule has 1 saturated heterocycles. The van der Waals surface area contributed by atoms with Gasteiger partial charge < -0.3 is 9.80 Å². The molecule has 0 N–H and O–H groups in total. The van der Waals surface area contributed by atoms with Crippen LogP contribution in [0.1, 0.15) is 54.7 Å². The minimum atomic E-state index is 0.276. The fourth-order valence-electron chi connectivity index (χ4n) is 4.15. The minimum absolute atomic E-state index is 0.276. The van der Waals surface area contributed by atoms with Crippen LogP contribution in [0.4, 0.5) is 0 Å². The molecule has 2 atom stereocenters. The number of nitrogens with zero attached hydrogens (tertiary/aromatic N) is 2. The van der Waals surface area contributed by atoms with Crippen molar-refractivity contribution in [2.45, 2.75) is 64.0 Å². The number of aryl methyl sites for hydroxylation is 1. The molecule has 2 saturated carbocycles. The van der Waals surface area contributed by atoms with E-state index in [-0.39, 0.29) is 5.92 Å². The highest BCUT2D eigenvalue weighted by atomic mass is 32.1. The number of hydrogen-bond donors (Lipinski definition) is 0. The number of hydrogen-bond acceptors (Lipinski definition) is 3. The molecule has 3 aliphatic rings. The van der Waals surface area contributed by atoms with Crippen LogP contribution in [0.15, 0.2) is 12.1 Å². The molecule has 2 aliphatic carbocycles. The average molecular weight is 333 g/mol. The Hall–Kier alpha value is -0.870. The Morgan fingerprint density at radius 1 is 1.22 bits per heavy atom. The molecule has 3 fully saturated rings. The third-order valence-electron chi connectivity index (χ3n) is 5.83. The number of amides is 1. The zero-order valence-corrected chi connectivity index (χ0v) is 15.1. The lowest BCUT2D eigenvalue weighted by molar-refractivity contribution is -0.136. The summed E-state index contributed by atoms with van der Waals surface area (Å²) in [6, 6.07) is 5.49. The largest absolute Gasteiger partial charge is 0.336 e. The van der Waals surface area contributed by atoms with Gasteiger partial charge in [-0.2, -0.15) is 0 Å². The van der Waals surface area contributed by atoms with E-state index in [0.29, 0.717) is 23.9 Å². The molecular weight excluding hydrogens is 304 g/mol. The van der Waals surface area contributed by atoms with Crippen LogP contribution >= 0.6 is 11.3 Å². The molecule has 3 nitrogen and oxygen atoms in total. The average Bonchev–Trinajstić information content (AvgIpc) is 3.48. The highest BCUT2D eigenvalue weighted by molar-refractivity contribution is 7.12. The van der Waals surface area contributed by atoms with Crippen LogP contribution < -0.4 is 0 Å². The Balaban J connectivity index is 1.41. The number of carbonyl (C=O) groups is 1. The SMILES string of the molecule is CCN1CCC(N(C(=O)[C@@H]2C[C@@H]2c2ccc(C)s2)C2CC2)CC1. The van der Waals surface area contributed by atoms with E-state index in [1.165, 1.54) is 35.4 Å². The van der Waals surface area contributed by atoms with Crippen molar-refractivity contribution in [3.8, 4) is 0 Å². The quantitative estimate of drug-likeness (QED) is 0.822. The second-order valence-corrected chi connectivity index (χ2v) is 8.86. The van der Waals surface area contributed by atoms with Crippen LogP contribution in [0.2, 0.25) is 0 Å². The molecule has 0 bridgehead atoms. The second kappa shape index (κ2) is 6.21. The van der Waals surface area contributed by atoms with E-state index in [9.17, 15) is 4.79 Å². The molecule has 1 aliphatic heterocycles. The smallest absolute Gasteiger partial charge is 0.226 e. The maximum Gasteiger partial charge on any atom is 0.226 e. The number of carbonyl (C=O) groups excluding carboxylic acids is 1. The lowest BCUT2D eigenvalue weighted by atomic mass is 10.0. The predicted molar refractivity (Wildman–Crippen MR) is 94.9 cm³/mol. The molecule has 4 heteroatoms. The Morgan fingerprint density at radius 2 is 1.91 bits per heavy atom. The summed E-state index contributed by atoms with van der Waals surface area (Å²) in [5.41, 5.74) is 0. The Morgan fingerprint density at radius 3 is 2.48 bits per heavy atom. The molecule has 0 radical (unpaired) electrons. The predicted octanol–water partition coefficient (Wildman–Crippen LogP) is 3.64. The number of thiophene rings is 1. The van der Waals surface area contributed by atoms with Crippen LogP contribution in [0.3, 0.4) is 0 Å². The van der Waals surface area contributed by atoms with Crippen LogP contribution in [0.5, 0.6) is 0 Å². The first-order chi connectivity index (χ1) is 11.2. The first-order valence-corrected chi connectivity index (χ1v) is 10.1. The normalized spacial score (nSPS) is 28.8. The highest BCUT2D eigenvalue weighted by Crippen LogP contribution is 2.51. The molecule has 0 aromatic carbocycles. The van der Waals surface area contributed by atoms with Gasteiger partial charge >= 0.3 is 0 Å². The van der Waals surface area contributed by atoms with Gasteiger partial charge in [0.25, 0.3) is 0 Å². The highest BCUT2D eigenvalue weighted by Gasteiger charge is 2.50. The minimum Gasteiger partial charge on any atom is -0.336 e. The van der Waals surface area contributed by atoms with Gasteiger partial charge in [0.1, 0.15) is 0 Å². The fraction of sp³-hybridized carbons (Fsp3) is 0.737. The zero-order chi connectivity index (χ0) is 16.0. The van der Waals surface area contributed by atoms with Gasteiger partial charge in [0.2, 0.25) is 5.91 Å². The summed E-state index contributed by atoms with van der Waals surface area (Å²) in [7, 11) is 0. The molecule has 2 heterocycles. The Kier molecular flexibility index (Phi) is 4.22. The third kappa shape index (κ3) is 3.20. The van der Waals surface area contributed by atoms with Crippen LogP contribution in [-0.2, 0) is 4.79 Å². The monoisotopic (exact) mass is 332 g/mol. The van der Waals surface area contributed by atoms with Gasteiger partial charge in [0.05, 0.1) is 0 Å². The van der Waals surface area contributed by atoms with Crippen molar-refractivity contribution in [3.05, 3.63) is 21.9 Å². The van der Waals surface area contributed by atoms with E-state index in [1.54, 1.807) is 0 Å². The molecule has 1 aromatic heterocycles. The maximum atomic E-state index is 13.1. The van der Waals surface area contributed by atoms with Crippen molar-refractivity contribution in [2.75, 3.05) is 19.6 Å². The Bertz CT molecular complexity index is 572. The summed E-state index contributed by atoms with van der Waals surface area (Å²) in [5, 5.41) is 0. The van der Waals surface area contributed by atoms with Gasteiger partial charge in [-0.25, -0.2) is 0 Å². The van der Waals surface area contributed by atoms with Crippen LogP contribution in [0.25, 0.3) is 0 Å². The van der Waals surface area contributed by atoms with Gasteiger partial charge in [-0.1, -0.05) is 6.92 Å². The summed E-state index contributed by atoms with van der Waals surface area (Å²) >= 11 is 1.88. The van der Waals surface area contributed by atoms with E-state index >= 15 is 0 Å². The lowest BCUT2D eigenvalue weighted by Gasteiger charge is -2.38. The molecule has 126 valence electrons. The van der Waals surface area contributed by atoms with Crippen molar-refractivity contribution in [2.24, 2.45) is 5.92 Å². The standard InChI is InChI=1S/C19H28N2OS/c1-3-20-10-8-15(9-11-20)21(14-5-6-14)19(22)17-12-16(17)18-7-4-13(2)23-18/h4,7,14-17H,3,5-6,8-12H2,1-2H3/t16-,17+/m0/s1. The van der Waals surface area contributed by atoms with E-state index in [0.717, 1.165) is 26.1 Å². The number of likely N-dealkylation sites (tertiary alicyclic amines) is 1. The first-order valence-electron chi connectivity index (χ1n) is 9.28. The summed E-state index contributed by atoms with van der Waals surface area (Å²) in [4.78, 5) is 20.8. The van der Waals surface area contributed by atoms with Crippen molar-refractivity contribution >= 4 is 17.2 Å². The van der Waals surface area contributed by atoms with Crippen LogP contribution in [0, 0.1) is 12.8 Å². The Labute approximate surface area is 143 Å². The number of rotatable bonds is 5. The summed E-state index contributed by atoms with van der Waals surface area (Å²) in [5.74, 6) is 1.26. The van der Waals surface area contributed by atoms with Crippen LogP contribution in [-0.4, -0.2) is 47.4 Å². The molecule has 23 heavy (non-hydrogen) atoms. The molecule has 1 aromatic rings. The van der Waals surface area contributed by atoms with Crippen molar-refractivity contribution in [1.82, 2.24) is 9.80 Å². The van der Waals surface area contributed by atoms with Crippen molar-refractivity contribution in [1.29, 1.82) is 0 Å². The zero-order valence-electron chi connectivity index (χ0n) is 14.3. The molecule has 1 amide bonds. The maximum absolute atomic E-state index is 13.1. The molecule has 0 spiro atoms. The van der Waals surface area contributed by atoms with E-state index in [2.05, 4.69) is 35.8 Å². The second-order valence-electron chi connectivity index (χ2n) is 7.54. The van der Waals surface area contributed by atoms with Gasteiger partial charge in [-0.3, -0.25) is 4.79 Å². The number of piperidine rings is 1. The molecule has 4 rings (SSSR count). The lowest BCUT2D eigenvalue weighted by Crippen LogP contribution is -2.49. The fourth-order valence-corrected chi connectivity index (χ4v) is 5.21. The topological polar surface area (TPSA) is 23.6 Å². The van der Waals surface area contributed by atoms with E-state index in [4.69, 9.17) is 0 Å². The van der Waals surface area contributed by atoms with E-state index < -0.39 is 0 Å². The van der Waals surface area contributed by atoms with Crippen molar-refractivity contribution in [3.63, 3.8) is 0 Å². The summed E-state index contributed by atoms with van der Waals surface area (Å²) in [6.07, 6.45) is 5.89. The van der Waals surface area contributed by atoms with Gasteiger partial charge in [-0.05, 0) is 57.7 Å².